The second-order valence-corrected chi connectivity index (χ2v) is 2.62. The summed E-state index contributed by atoms with van der Waals surface area (Å²) in [6, 6.07) is 5.24. The van der Waals surface area contributed by atoms with Gasteiger partial charge in [0.15, 0.2) is 0 Å². The van der Waals surface area contributed by atoms with Gasteiger partial charge < -0.3 is 16.6 Å². The molecule has 0 unspecified atom stereocenters. The highest BCUT2D eigenvalue weighted by molar-refractivity contribution is 5.65. The summed E-state index contributed by atoms with van der Waals surface area (Å²) in [6.45, 7) is 0.0808. The van der Waals surface area contributed by atoms with Crippen LogP contribution in [-0.4, -0.2) is 11.7 Å². The monoisotopic (exact) mass is 176 g/mol. The second kappa shape index (κ2) is 4.39. The first-order valence-corrected chi connectivity index (χ1v) is 3.99. The van der Waals surface area contributed by atoms with E-state index in [0.717, 1.165) is 5.56 Å². The molecule has 0 saturated carbocycles. The Morgan fingerprint density at radius 1 is 1.23 bits per heavy atom. The van der Waals surface area contributed by atoms with Gasteiger partial charge in [-0.2, -0.15) is 0 Å². The number of hydrogen-bond acceptors (Lipinski definition) is 3. The molecule has 3 nitrogen and oxygen atoms in total. The minimum atomic E-state index is 0.0808. The zero-order valence-electron chi connectivity index (χ0n) is 7.25. The first-order valence-electron chi connectivity index (χ1n) is 3.99. The number of aliphatic hydroxyl groups is 1. The Kier molecular flexibility index (Phi) is 3.18. The largest absolute Gasteiger partial charge is 0.397 e. The topological polar surface area (TPSA) is 72.3 Å². The van der Waals surface area contributed by atoms with Crippen molar-refractivity contribution in [3.8, 4) is 11.8 Å². The molecule has 0 amide bonds. The van der Waals surface area contributed by atoms with Crippen molar-refractivity contribution in [2.24, 2.45) is 0 Å². The van der Waals surface area contributed by atoms with Gasteiger partial charge in [-0.3, -0.25) is 0 Å². The number of hydrogen-bond donors (Lipinski definition) is 3. The van der Waals surface area contributed by atoms with Crippen molar-refractivity contribution in [3.63, 3.8) is 0 Å². The van der Waals surface area contributed by atoms with E-state index in [1.54, 1.807) is 18.2 Å². The lowest BCUT2D eigenvalue weighted by atomic mass is 10.2. The molecule has 0 bridgehead atoms. The van der Waals surface area contributed by atoms with E-state index in [0.29, 0.717) is 17.8 Å². The Bertz CT molecular complexity index is 350. The van der Waals surface area contributed by atoms with Crippen LogP contribution in [0.4, 0.5) is 11.4 Å². The van der Waals surface area contributed by atoms with E-state index < -0.39 is 0 Å². The molecule has 0 aliphatic rings. The lowest BCUT2D eigenvalue weighted by Gasteiger charge is -1.98. The van der Waals surface area contributed by atoms with Crippen LogP contribution in [0.1, 0.15) is 12.0 Å². The number of nitrogen functional groups attached to an aromatic ring is 2. The van der Waals surface area contributed by atoms with Gasteiger partial charge in [0, 0.05) is 12.0 Å². The molecule has 1 aromatic rings. The molecule has 0 radical (unpaired) electrons. The van der Waals surface area contributed by atoms with E-state index in [-0.39, 0.29) is 6.61 Å². The van der Waals surface area contributed by atoms with Crippen LogP contribution in [0.15, 0.2) is 18.2 Å². The SMILES string of the molecule is Nc1ccc(C#CCCO)cc1N. The van der Waals surface area contributed by atoms with Crippen molar-refractivity contribution in [2.45, 2.75) is 6.42 Å². The predicted octanol–water partition coefficient (Wildman–Crippen LogP) is 0.585. The van der Waals surface area contributed by atoms with Gasteiger partial charge in [-0.05, 0) is 18.2 Å². The maximum Gasteiger partial charge on any atom is 0.0560 e. The number of aliphatic hydroxyl groups excluding tert-OH is 1. The molecule has 13 heavy (non-hydrogen) atoms. The van der Waals surface area contributed by atoms with Crippen LogP contribution in [-0.2, 0) is 0 Å². The maximum atomic E-state index is 8.50. The van der Waals surface area contributed by atoms with Crippen LogP contribution >= 0.6 is 0 Å². The first kappa shape index (κ1) is 9.43. The molecular weight excluding hydrogens is 164 g/mol. The second-order valence-electron chi connectivity index (χ2n) is 2.62. The highest BCUT2D eigenvalue weighted by Crippen LogP contribution is 2.14. The van der Waals surface area contributed by atoms with E-state index in [4.69, 9.17) is 16.6 Å². The van der Waals surface area contributed by atoms with Crippen molar-refractivity contribution in [2.75, 3.05) is 18.1 Å². The van der Waals surface area contributed by atoms with Crippen LogP contribution in [0.5, 0.6) is 0 Å². The lowest BCUT2D eigenvalue weighted by molar-refractivity contribution is 0.305. The van der Waals surface area contributed by atoms with E-state index in [1.165, 1.54) is 0 Å². The molecule has 1 rings (SSSR count). The summed E-state index contributed by atoms with van der Waals surface area (Å²) in [5, 5.41) is 8.50. The normalized spacial score (nSPS) is 9.00. The summed E-state index contributed by atoms with van der Waals surface area (Å²) in [4.78, 5) is 0. The van der Waals surface area contributed by atoms with E-state index in [9.17, 15) is 0 Å². The number of benzene rings is 1. The zero-order chi connectivity index (χ0) is 9.68. The Labute approximate surface area is 77.4 Å². The van der Waals surface area contributed by atoms with Crippen LogP contribution in [0.25, 0.3) is 0 Å². The molecule has 0 fully saturated rings. The molecule has 1 aromatic carbocycles. The van der Waals surface area contributed by atoms with Gasteiger partial charge in [-0.25, -0.2) is 0 Å². The molecule has 0 aliphatic heterocycles. The average molecular weight is 176 g/mol. The fourth-order valence-electron chi connectivity index (χ4n) is 0.873. The van der Waals surface area contributed by atoms with Gasteiger partial charge in [0.2, 0.25) is 0 Å². The Hall–Kier alpha value is -1.66. The molecule has 0 aromatic heterocycles. The summed E-state index contributed by atoms with van der Waals surface area (Å²) in [6.07, 6.45) is 0.476. The van der Waals surface area contributed by atoms with E-state index >= 15 is 0 Å². The zero-order valence-corrected chi connectivity index (χ0v) is 7.25. The van der Waals surface area contributed by atoms with Gasteiger partial charge in [-0.15, -0.1) is 0 Å². The van der Waals surface area contributed by atoms with Crippen LogP contribution in [0.3, 0.4) is 0 Å². The quantitative estimate of drug-likeness (QED) is 0.433. The summed E-state index contributed by atoms with van der Waals surface area (Å²) < 4.78 is 0. The summed E-state index contributed by atoms with van der Waals surface area (Å²) in [5.74, 6) is 5.67. The Morgan fingerprint density at radius 3 is 2.62 bits per heavy atom. The van der Waals surface area contributed by atoms with Gasteiger partial charge >= 0.3 is 0 Å². The molecule has 0 atom stereocenters. The number of rotatable bonds is 1. The minimum absolute atomic E-state index is 0.0808. The Balaban J connectivity index is 2.81. The van der Waals surface area contributed by atoms with Crippen molar-refractivity contribution in [3.05, 3.63) is 23.8 Å². The first-order chi connectivity index (χ1) is 6.24. The predicted molar refractivity (Wildman–Crippen MR) is 53.8 cm³/mol. The summed E-state index contributed by atoms with van der Waals surface area (Å²) in [7, 11) is 0. The van der Waals surface area contributed by atoms with Gasteiger partial charge in [0.1, 0.15) is 0 Å². The molecule has 0 spiro atoms. The van der Waals surface area contributed by atoms with Crippen LogP contribution in [0, 0.1) is 11.8 Å². The maximum absolute atomic E-state index is 8.50. The average Bonchev–Trinajstić information content (AvgIpc) is 2.12. The van der Waals surface area contributed by atoms with Crippen molar-refractivity contribution < 1.29 is 5.11 Å². The van der Waals surface area contributed by atoms with Crippen LogP contribution in [0.2, 0.25) is 0 Å². The third-order valence-electron chi connectivity index (χ3n) is 1.56. The highest BCUT2D eigenvalue weighted by Gasteiger charge is 1.93. The molecule has 5 N–H and O–H groups in total. The van der Waals surface area contributed by atoms with Gasteiger partial charge in [0.25, 0.3) is 0 Å². The molecular formula is C10H12N2O. The molecule has 3 heteroatoms. The smallest absolute Gasteiger partial charge is 0.0560 e. The molecule has 0 heterocycles. The number of nitrogens with two attached hydrogens (primary N) is 2. The lowest BCUT2D eigenvalue weighted by Crippen LogP contribution is -1.94. The van der Waals surface area contributed by atoms with Crippen molar-refractivity contribution in [1.29, 1.82) is 0 Å². The number of anilines is 2. The van der Waals surface area contributed by atoms with Crippen LogP contribution < -0.4 is 11.5 Å². The Morgan fingerprint density at radius 2 is 2.00 bits per heavy atom. The van der Waals surface area contributed by atoms with E-state index in [2.05, 4.69) is 11.8 Å². The summed E-state index contributed by atoms with van der Waals surface area (Å²) in [5.41, 5.74) is 13.0. The third kappa shape index (κ3) is 2.69. The highest BCUT2D eigenvalue weighted by atomic mass is 16.2. The molecule has 0 aliphatic carbocycles. The third-order valence-corrected chi connectivity index (χ3v) is 1.56. The summed E-state index contributed by atoms with van der Waals surface area (Å²) >= 11 is 0. The fraction of sp³-hybridized carbons (Fsp3) is 0.200. The van der Waals surface area contributed by atoms with Gasteiger partial charge in [0.05, 0.1) is 18.0 Å². The molecule has 68 valence electrons. The van der Waals surface area contributed by atoms with Gasteiger partial charge in [-0.1, -0.05) is 11.8 Å². The standard InChI is InChI=1S/C10H12N2O/c11-9-5-4-8(7-10(9)12)3-1-2-6-13/h4-5,7,13H,2,6,11-12H2. The molecule has 0 saturated heterocycles. The van der Waals surface area contributed by atoms with E-state index in [1.807, 2.05) is 0 Å². The van der Waals surface area contributed by atoms with Crippen molar-refractivity contribution >= 4 is 11.4 Å². The fourth-order valence-corrected chi connectivity index (χ4v) is 0.873. The minimum Gasteiger partial charge on any atom is -0.397 e. The van der Waals surface area contributed by atoms with Crippen molar-refractivity contribution in [1.82, 2.24) is 0 Å².